The van der Waals surface area contributed by atoms with Crippen molar-refractivity contribution >= 4 is 18.3 Å². The van der Waals surface area contributed by atoms with E-state index in [2.05, 4.69) is 34.5 Å². The zero-order valence-corrected chi connectivity index (χ0v) is 15.1. The number of aromatic hydroxyl groups is 2. The lowest BCUT2D eigenvalue weighted by atomic mass is 9.92. The summed E-state index contributed by atoms with van der Waals surface area (Å²) in [7, 11) is 0. The predicted molar refractivity (Wildman–Crippen MR) is 104 cm³/mol. The molecule has 1 aliphatic rings. The monoisotopic (exact) mass is 365 g/mol. The van der Waals surface area contributed by atoms with Crippen LogP contribution >= 0.6 is 12.2 Å². The fourth-order valence-electron chi connectivity index (χ4n) is 3.53. The van der Waals surface area contributed by atoms with Crippen molar-refractivity contribution in [2.24, 2.45) is 0 Å². The number of aromatic nitrogens is 3. The molecular formula is C20H19N3O2S. The van der Waals surface area contributed by atoms with Crippen LogP contribution in [-0.2, 0) is 6.42 Å². The number of rotatable bonds is 3. The van der Waals surface area contributed by atoms with E-state index in [-0.39, 0.29) is 17.5 Å². The highest BCUT2D eigenvalue weighted by Gasteiger charge is 2.24. The number of fused-ring (bicyclic) bond motifs is 1. The van der Waals surface area contributed by atoms with Crippen LogP contribution in [0.1, 0.15) is 36.1 Å². The van der Waals surface area contributed by atoms with E-state index in [9.17, 15) is 10.2 Å². The molecule has 4 rings (SSSR count). The molecule has 3 N–H and O–H groups in total. The van der Waals surface area contributed by atoms with Crippen LogP contribution in [0.5, 0.6) is 11.5 Å². The van der Waals surface area contributed by atoms with Crippen LogP contribution in [-0.4, -0.2) is 25.0 Å². The number of aryl methyl sites for hydroxylation is 1. The molecule has 0 radical (unpaired) electrons. The van der Waals surface area contributed by atoms with E-state index in [4.69, 9.17) is 12.2 Å². The average molecular weight is 365 g/mol. The highest BCUT2D eigenvalue weighted by molar-refractivity contribution is 7.71. The Hall–Kier alpha value is -2.86. The van der Waals surface area contributed by atoms with Crippen molar-refractivity contribution in [3.63, 3.8) is 0 Å². The first-order valence-corrected chi connectivity index (χ1v) is 8.98. The van der Waals surface area contributed by atoms with E-state index >= 15 is 0 Å². The van der Waals surface area contributed by atoms with Gasteiger partial charge in [0.15, 0.2) is 10.6 Å². The Kier molecular flexibility index (Phi) is 4.12. The number of hydrogen-bond donors (Lipinski definition) is 3. The largest absolute Gasteiger partial charge is 0.508 e. The third-order valence-electron chi connectivity index (χ3n) is 4.85. The molecule has 0 aliphatic heterocycles. The number of phenols is 2. The van der Waals surface area contributed by atoms with Crippen molar-refractivity contribution in [1.29, 1.82) is 0 Å². The Bertz CT molecular complexity index is 1070. The van der Waals surface area contributed by atoms with Gasteiger partial charge in [-0.3, -0.25) is 9.67 Å². The molecule has 2 aromatic carbocycles. The predicted octanol–water partition coefficient (Wildman–Crippen LogP) is 4.59. The van der Waals surface area contributed by atoms with Crippen molar-refractivity contribution in [1.82, 2.24) is 14.8 Å². The quantitative estimate of drug-likeness (QED) is 0.594. The maximum Gasteiger partial charge on any atom is 0.196 e. The lowest BCUT2D eigenvalue weighted by molar-refractivity contribution is 0.447. The van der Waals surface area contributed by atoms with E-state index in [1.54, 1.807) is 6.07 Å². The summed E-state index contributed by atoms with van der Waals surface area (Å²) in [5, 5.41) is 27.6. The van der Waals surface area contributed by atoms with Gasteiger partial charge in [0.2, 0.25) is 0 Å². The van der Waals surface area contributed by atoms with Gasteiger partial charge < -0.3 is 10.2 Å². The number of H-pyrrole nitrogens is 1. The van der Waals surface area contributed by atoms with E-state index in [1.165, 1.54) is 11.6 Å². The third kappa shape index (κ3) is 2.63. The van der Waals surface area contributed by atoms with Crippen molar-refractivity contribution in [2.75, 3.05) is 0 Å². The van der Waals surface area contributed by atoms with Crippen molar-refractivity contribution in [3.8, 4) is 22.9 Å². The summed E-state index contributed by atoms with van der Waals surface area (Å²) in [6.07, 6.45) is 5.68. The molecule has 0 spiro atoms. The minimum atomic E-state index is -0.0189. The zero-order valence-electron chi connectivity index (χ0n) is 14.3. The minimum absolute atomic E-state index is 0.00395. The summed E-state index contributed by atoms with van der Waals surface area (Å²) < 4.78 is 2.45. The van der Waals surface area contributed by atoms with E-state index in [0.29, 0.717) is 22.6 Å². The summed E-state index contributed by atoms with van der Waals surface area (Å²) in [5.74, 6) is 0.632. The van der Waals surface area contributed by atoms with Crippen LogP contribution in [0.25, 0.3) is 17.5 Å². The molecule has 1 unspecified atom stereocenters. The average Bonchev–Trinajstić information content (AvgIpc) is 3.02. The summed E-state index contributed by atoms with van der Waals surface area (Å²) in [6.45, 7) is 1.95. The Labute approximate surface area is 156 Å². The second kappa shape index (κ2) is 6.46. The van der Waals surface area contributed by atoms with Crippen LogP contribution in [0.3, 0.4) is 0 Å². The SMILES string of the molecule is CCc1cc(-c2n[nH]c(=S)n2C2CC=Cc3ccccc32)c(O)cc1O. The first-order valence-electron chi connectivity index (χ1n) is 8.57. The molecule has 0 saturated heterocycles. The van der Waals surface area contributed by atoms with Crippen LogP contribution < -0.4 is 0 Å². The van der Waals surface area contributed by atoms with Crippen LogP contribution in [0, 0.1) is 4.77 Å². The van der Waals surface area contributed by atoms with Gasteiger partial charge in [0, 0.05) is 6.07 Å². The number of phenolic OH excluding ortho intramolecular Hbond substituents is 2. The molecule has 0 bridgehead atoms. The Balaban J connectivity index is 1.91. The third-order valence-corrected chi connectivity index (χ3v) is 5.13. The summed E-state index contributed by atoms with van der Waals surface area (Å²) in [4.78, 5) is 0. The van der Waals surface area contributed by atoms with E-state index in [0.717, 1.165) is 17.5 Å². The molecule has 0 fully saturated rings. The van der Waals surface area contributed by atoms with Gasteiger partial charge in [0.1, 0.15) is 11.5 Å². The molecule has 1 aliphatic carbocycles. The van der Waals surface area contributed by atoms with Crippen LogP contribution in [0.4, 0.5) is 0 Å². The molecule has 1 aromatic heterocycles. The van der Waals surface area contributed by atoms with Crippen molar-refractivity contribution in [3.05, 3.63) is 63.9 Å². The fourth-order valence-corrected chi connectivity index (χ4v) is 3.79. The summed E-state index contributed by atoms with van der Waals surface area (Å²) in [6, 6.07) is 11.3. The fraction of sp³-hybridized carbons (Fsp3) is 0.200. The highest BCUT2D eigenvalue weighted by Crippen LogP contribution is 2.38. The normalized spacial score (nSPS) is 15.8. The Morgan fingerprint density at radius 1 is 1.23 bits per heavy atom. The van der Waals surface area contributed by atoms with Gasteiger partial charge in [-0.2, -0.15) is 5.10 Å². The van der Waals surface area contributed by atoms with Gasteiger partial charge in [-0.05, 0) is 47.8 Å². The van der Waals surface area contributed by atoms with Crippen molar-refractivity contribution in [2.45, 2.75) is 25.8 Å². The summed E-state index contributed by atoms with van der Waals surface area (Å²) >= 11 is 5.50. The molecule has 1 atom stereocenters. The molecule has 3 aromatic rings. The van der Waals surface area contributed by atoms with E-state index < -0.39 is 0 Å². The number of hydrogen-bond acceptors (Lipinski definition) is 4. The number of nitrogens with one attached hydrogen (secondary N) is 1. The molecule has 6 heteroatoms. The maximum atomic E-state index is 10.4. The van der Waals surface area contributed by atoms with Gasteiger partial charge >= 0.3 is 0 Å². The Morgan fingerprint density at radius 2 is 2.04 bits per heavy atom. The molecule has 132 valence electrons. The standard InChI is InChI=1S/C20H19N3O2S/c1-2-12-10-15(18(25)11-17(12)24)19-21-22-20(26)23(19)16-9-5-7-13-6-3-4-8-14(13)16/h3-8,10-11,16,24-25H,2,9H2,1H3,(H,22,26). The number of benzene rings is 2. The number of allylic oxidation sites excluding steroid dienone is 1. The minimum Gasteiger partial charge on any atom is -0.508 e. The first-order chi connectivity index (χ1) is 12.6. The molecule has 26 heavy (non-hydrogen) atoms. The Morgan fingerprint density at radius 3 is 2.85 bits per heavy atom. The second-order valence-electron chi connectivity index (χ2n) is 6.36. The maximum absolute atomic E-state index is 10.4. The van der Waals surface area contributed by atoms with Gasteiger partial charge in [0.25, 0.3) is 0 Å². The molecule has 5 nitrogen and oxygen atoms in total. The summed E-state index contributed by atoms with van der Waals surface area (Å²) in [5.41, 5.74) is 3.63. The smallest absolute Gasteiger partial charge is 0.196 e. The highest BCUT2D eigenvalue weighted by atomic mass is 32.1. The lowest BCUT2D eigenvalue weighted by Gasteiger charge is -2.24. The topological polar surface area (TPSA) is 74.1 Å². The lowest BCUT2D eigenvalue weighted by Crippen LogP contribution is -2.15. The van der Waals surface area contributed by atoms with Gasteiger partial charge in [-0.25, -0.2) is 0 Å². The molecule has 1 heterocycles. The number of nitrogens with zero attached hydrogens (tertiary/aromatic N) is 2. The van der Waals surface area contributed by atoms with Gasteiger partial charge in [0.05, 0.1) is 11.6 Å². The zero-order chi connectivity index (χ0) is 18.3. The van der Waals surface area contributed by atoms with Crippen LogP contribution in [0.2, 0.25) is 0 Å². The number of aromatic amines is 1. The van der Waals surface area contributed by atoms with Crippen molar-refractivity contribution < 1.29 is 10.2 Å². The molecule has 0 amide bonds. The molecule has 0 saturated carbocycles. The van der Waals surface area contributed by atoms with Gasteiger partial charge in [-0.1, -0.05) is 43.3 Å². The second-order valence-corrected chi connectivity index (χ2v) is 6.74. The molecular weight excluding hydrogens is 346 g/mol. The van der Waals surface area contributed by atoms with Gasteiger partial charge in [-0.15, -0.1) is 0 Å². The first kappa shape index (κ1) is 16.6. The van der Waals surface area contributed by atoms with E-state index in [1.807, 2.05) is 23.6 Å². The van der Waals surface area contributed by atoms with Crippen LogP contribution in [0.15, 0.2) is 42.5 Å².